The third-order valence-corrected chi connectivity index (χ3v) is 3.70. The number of pyridine rings is 2. The third kappa shape index (κ3) is 3.13. The van der Waals surface area contributed by atoms with E-state index >= 15 is 0 Å². The van der Waals surface area contributed by atoms with E-state index in [4.69, 9.17) is 17.3 Å². The summed E-state index contributed by atoms with van der Waals surface area (Å²) in [5, 5.41) is 1.22. The summed E-state index contributed by atoms with van der Waals surface area (Å²) in [4.78, 5) is 8.03. The zero-order chi connectivity index (χ0) is 16.6. The van der Waals surface area contributed by atoms with Crippen LogP contribution in [0.25, 0.3) is 10.9 Å². The molecular weight excluding hydrogens is 327 g/mol. The Labute approximate surface area is 134 Å². The van der Waals surface area contributed by atoms with E-state index < -0.39 is 17.8 Å². The molecule has 0 saturated carbocycles. The molecule has 23 heavy (non-hydrogen) atoms. The van der Waals surface area contributed by atoms with Gasteiger partial charge >= 0.3 is 6.18 Å². The predicted molar refractivity (Wildman–Crippen MR) is 82.0 cm³/mol. The fraction of sp³-hybridized carbons (Fsp3) is 0.125. The van der Waals surface area contributed by atoms with Gasteiger partial charge in [-0.25, -0.2) is 0 Å². The Hall–Kier alpha value is -2.18. The summed E-state index contributed by atoms with van der Waals surface area (Å²) in [6.45, 7) is 0. The number of aromatic nitrogens is 2. The number of hydrogen-bond acceptors (Lipinski definition) is 3. The van der Waals surface area contributed by atoms with Gasteiger partial charge < -0.3 is 5.73 Å². The van der Waals surface area contributed by atoms with Crippen LogP contribution in [0.4, 0.5) is 13.2 Å². The number of fused-ring (bicyclic) bond motifs is 1. The molecule has 118 valence electrons. The standard InChI is InChI=1S/C16H11ClF3N3/c17-11-3-4-13-9(7-11)6-10(8-23-13)14(21)15-12(16(18,19)20)2-1-5-22-15/h1-8,14H,21H2. The summed E-state index contributed by atoms with van der Waals surface area (Å²) in [7, 11) is 0. The van der Waals surface area contributed by atoms with Crippen LogP contribution in [0.15, 0.2) is 48.8 Å². The van der Waals surface area contributed by atoms with Gasteiger partial charge in [-0.05, 0) is 42.0 Å². The second-order valence-corrected chi connectivity index (χ2v) is 5.45. The second kappa shape index (κ2) is 5.79. The number of alkyl halides is 3. The van der Waals surface area contributed by atoms with E-state index in [0.717, 1.165) is 6.07 Å². The Bertz CT molecular complexity index is 865. The first-order valence-electron chi connectivity index (χ1n) is 6.69. The van der Waals surface area contributed by atoms with E-state index in [0.29, 0.717) is 21.5 Å². The van der Waals surface area contributed by atoms with Crippen molar-refractivity contribution in [2.45, 2.75) is 12.2 Å². The zero-order valence-corrected chi connectivity index (χ0v) is 12.4. The van der Waals surface area contributed by atoms with Crippen molar-refractivity contribution in [2.75, 3.05) is 0 Å². The molecule has 0 fully saturated rings. The molecule has 0 spiro atoms. The van der Waals surface area contributed by atoms with Crippen molar-refractivity contribution in [3.63, 3.8) is 0 Å². The van der Waals surface area contributed by atoms with Crippen LogP contribution in [-0.4, -0.2) is 9.97 Å². The molecule has 0 bridgehead atoms. The van der Waals surface area contributed by atoms with Gasteiger partial charge in [0.05, 0.1) is 22.8 Å². The SMILES string of the molecule is NC(c1cnc2ccc(Cl)cc2c1)c1ncccc1C(F)(F)F. The average molecular weight is 338 g/mol. The molecule has 3 aromatic rings. The molecule has 3 rings (SSSR count). The fourth-order valence-electron chi connectivity index (χ4n) is 2.35. The van der Waals surface area contributed by atoms with Gasteiger partial charge in [-0.15, -0.1) is 0 Å². The topological polar surface area (TPSA) is 51.8 Å². The lowest BCUT2D eigenvalue weighted by Crippen LogP contribution is -2.20. The van der Waals surface area contributed by atoms with Gasteiger partial charge in [-0.2, -0.15) is 13.2 Å². The molecule has 0 radical (unpaired) electrons. The highest BCUT2D eigenvalue weighted by molar-refractivity contribution is 6.31. The maximum atomic E-state index is 13.1. The summed E-state index contributed by atoms with van der Waals surface area (Å²) in [6, 6.07) is 7.94. The normalized spacial score (nSPS) is 13.3. The van der Waals surface area contributed by atoms with Gasteiger partial charge in [0.2, 0.25) is 0 Å². The van der Waals surface area contributed by atoms with E-state index in [9.17, 15) is 13.2 Å². The number of nitrogens with zero attached hydrogens (tertiary/aromatic N) is 2. The van der Waals surface area contributed by atoms with Crippen LogP contribution in [-0.2, 0) is 6.18 Å². The highest BCUT2D eigenvalue weighted by Gasteiger charge is 2.35. The van der Waals surface area contributed by atoms with E-state index in [1.54, 1.807) is 24.3 Å². The summed E-state index contributed by atoms with van der Waals surface area (Å²) in [6.07, 6.45) is -1.78. The zero-order valence-electron chi connectivity index (χ0n) is 11.7. The minimum Gasteiger partial charge on any atom is -0.319 e. The van der Waals surface area contributed by atoms with Crippen molar-refractivity contribution in [3.05, 3.63) is 70.6 Å². The first-order chi connectivity index (χ1) is 10.9. The molecule has 1 aromatic carbocycles. The summed E-state index contributed by atoms with van der Waals surface area (Å²) < 4.78 is 39.3. The van der Waals surface area contributed by atoms with Gasteiger partial charge in [-0.3, -0.25) is 9.97 Å². The molecule has 0 amide bonds. The highest BCUT2D eigenvalue weighted by atomic mass is 35.5. The molecule has 1 atom stereocenters. The molecule has 2 aromatic heterocycles. The summed E-state index contributed by atoms with van der Waals surface area (Å²) in [5.41, 5.74) is 6.04. The average Bonchev–Trinajstić information content (AvgIpc) is 2.52. The van der Waals surface area contributed by atoms with Crippen LogP contribution in [0.5, 0.6) is 0 Å². The van der Waals surface area contributed by atoms with Crippen molar-refractivity contribution in [1.82, 2.24) is 9.97 Å². The second-order valence-electron chi connectivity index (χ2n) is 5.02. The smallest absolute Gasteiger partial charge is 0.319 e. The minimum atomic E-state index is -4.52. The Balaban J connectivity index is 2.09. The van der Waals surface area contributed by atoms with E-state index in [2.05, 4.69) is 9.97 Å². The molecule has 0 saturated heterocycles. The van der Waals surface area contributed by atoms with Crippen molar-refractivity contribution in [2.24, 2.45) is 5.73 Å². The molecule has 0 aliphatic carbocycles. The number of benzene rings is 1. The molecule has 0 aliphatic rings. The first-order valence-corrected chi connectivity index (χ1v) is 7.07. The largest absolute Gasteiger partial charge is 0.418 e. The van der Waals surface area contributed by atoms with Gasteiger partial charge in [-0.1, -0.05) is 11.6 Å². The molecule has 7 heteroatoms. The summed E-state index contributed by atoms with van der Waals surface area (Å²) in [5.74, 6) is 0. The van der Waals surface area contributed by atoms with E-state index in [1.165, 1.54) is 18.5 Å². The van der Waals surface area contributed by atoms with Gasteiger partial charge in [0.1, 0.15) is 0 Å². The molecule has 0 aliphatic heterocycles. The van der Waals surface area contributed by atoms with Crippen molar-refractivity contribution in [1.29, 1.82) is 0 Å². The number of halogens is 4. The Morgan fingerprint density at radius 2 is 1.87 bits per heavy atom. The van der Waals surface area contributed by atoms with Crippen LogP contribution >= 0.6 is 11.6 Å². The third-order valence-electron chi connectivity index (χ3n) is 3.46. The van der Waals surface area contributed by atoms with Crippen LogP contribution in [0.3, 0.4) is 0 Å². The maximum absolute atomic E-state index is 13.1. The molecule has 2 heterocycles. The van der Waals surface area contributed by atoms with Crippen LogP contribution in [0.1, 0.15) is 22.9 Å². The van der Waals surface area contributed by atoms with Crippen LogP contribution in [0.2, 0.25) is 5.02 Å². The lowest BCUT2D eigenvalue weighted by molar-refractivity contribution is -0.138. The van der Waals surface area contributed by atoms with Gasteiger partial charge in [0.15, 0.2) is 0 Å². The minimum absolute atomic E-state index is 0.233. The van der Waals surface area contributed by atoms with Gasteiger partial charge in [0.25, 0.3) is 0 Å². The molecule has 1 unspecified atom stereocenters. The van der Waals surface area contributed by atoms with E-state index in [1.807, 2.05) is 0 Å². The maximum Gasteiger partial charge on any atom is 0.418 e. The number of hydrogen-bond donors (Lipinski definition) is 1. The molecular formula is C16H11ClF3N3. The molecule has 2 N–H and O–H groups in total. The Morgan fingerprint density at radius 1 is 1.09 bits per heavy atom. The van der Waals surface area contributed by atoms with Crippen LogP contribution < -0.4 is 5.73 Å². The van der Waals surface area contributed by atoms with Gasteiger partial charge in [0, 0.05) is 22.8 Å². The lowest BCUT2D eigenvalue weighted by Gasteiger charge is -2.17. The number of rotatable bonds is 2. The number of nitrogens with two attached hydrogens (primary N) is 1. The summed E-state index contributed by atoms with van der Waals surface area (Å²) >= 11 is 5.93. The first kappa shape index (κ1) is 15.7. The van der Waals surface area contributed by atoms with Crippen molar-refractivity contribution >= 4 is 22.5 Å². The lowest BCUT2D eigenvalue weighted by atomic mass is 10.00. The Morgan fingerprint density at radius 3 is 2.61 bits per heavy atom. The molecule has 3 nitrogen and oxygen atoms in total. The monoisotopic (exact) mass is 337 g/mol. The Kier molecular flexibility index (Phi) is 3.95. The van der Waals surface area contributed by atoms with Crippen molar-refractivity contribution in [3.8, 4) is 0 Å². The van der Waals surface area contributed by atoms with Crippen molar-refractivity contribution < 1.29 is 13.2 Å². The predicted octanol–water partition coefficient (Wildman–Crippen LogP) is 4.35. The fourth-order valence-corrected chi connectivity index (χ4v) is 2.53. The van der Waals surface area contributed by atoms with Crippen LogP contribution in [0, 0.1) is 0 Å². The van der Waals surface area contributed by atoms with E-state index in [-0.39, 0.29) is 5.69 Å². The highest BCUT2D eigenvalue weighted by Crippen LogP contribution is 2.34. The quantitative estimate of drug-likeness (QED) is 0.756.